The quantitative estimate of drug-likeness (QED) is 0.228. The lowest BCUT2D eigenvalue weighted by Gasteiger charge is -2.35. The summed E-state index contributed by atoms with van der Waals surface area (Å²) in [6, 6.07) is 4.70. The number of allylic oxidation sites excluding steroid dienone is 2. The summed E-state index contributed by atoms with van der Waals surface area (Å²) in [6.45, 7) is 4.79. The van der Waals surface area contributed by atoms with Crippen LogP contribution in [0.4, 0.5) is 13.2 Å². The molecule has 0 heterocycles. The van der Waals surface area contributed by atoms with Gasteiger partial charge in [0.25, 0.3) is 0 Å². The smallest absolute Gasteiger partial charge is 0.419 e. The van der Waals surface area contributed by atoms with Gasteiger partial charge in [-0.2, -0.15) is 13.2 Å². The molecule has 0 N–H and O–H groups in total. The lowest BCUT2D eigenvalue weighted by atomic mass is 9.70. The van der Waals surface area contributed by atoms with Gasteiger partial charge >= 0.3 is 6.18 Å². The zero-order valence-corrected chi connectivity index (χ0v) is 22.8. The van der Waals surface area contributed by atoms with Crippen molar-refractivity contribution in [2.75, 3.05) is 6.61 Å². The molecule has 4 heteroatoms. The van der Waals surface area contributed by atoms with E-state index in [0.29, 0.717) is 18.1 Å². The lowest BCUT2D eigenvalue weighted by molar-refractivity contribution is -0.139. The molecule has 1 fully saturated rings. The van der Waals surface area contributed by atoms with E-state index in [2.05, 4.69) is 19.9 Å². The first-order valence-corrected chi connectivity index (χ1v) is 15.0. The van der Waals surface area contributed by atoms with Gasteiger partial charge in [0.05, 0.1) is 12.2 Å². The molecule has 1 nitrogen and oxygen atoms in total. The molecule has 1 unspecified atom stereocenters. The van der Waals surface area contributed by atoms with Crippen LogP contribution in [0.25, 0.3) is 5.57 Å². The number of unbranched alkanes of at least 4 members (excludes halogenated alkanes) is 7. The first-order valence-electron chi connectivity index (χ1n) is 15.0. The highest BCUT2D eigenvalue weighted by Crippen LogP contribution is 2.44. The Hall–Kier alpha value is -1.45. The highest BCUT2D eigenvalue weighted by Gasteiger charge is 2.35. The van der Waals surface area contributed by atoms with Crippen LogP contribution in [-0.2, 0) is 6.18 Å². The van der Waals surface area contributed by atoms with Crippen LogP contribution in [0.5, 0.6) is 5.75 Å². The molecule has 0 saturated heterocycles. The fraction of sp³-hybridized carbons (Fsp3) is 0.750. The maximum atomic E-state index is 13.8. The predicted octanol–water partition coefficient (Wildman–Crippen LogP) is 11.0. The van der Waals surface area contributed by atoms with Crippen molar-refractivity contribution in [2.45, 2.75) is 129 Å². The van der Waals surface area contributed by atoms with Crippen molar-refractivity contribution in [2.24, 2.45) is 17.8 Å². The van der Waals surface area contributed by atoms with Crippen LogP contribution in [0.15, 0.2) is 24.3 Å². The number of halogens is 3. The Morgan fingerprint density at radius 2 is 1.50 bits per heavy atom. The Kier molecular flexibility index (Phi) is 12.2. The minimum absolute atomic E-state index is 0.0233. The topological polar surface area (TPSA) is 9.23 Å². The Labute approximate surface area is 218 Å². The van der Waals surface area contributed by atoms with Crippen molar-refractivity contribution in [1.29, 1.82) is 0 Å². The Morgan fingerprint density at radius 3 is 2.17 bits per heavy atom. The molecule has 36 heavy (non-hydrogen) atoms. The third kappa shape index (κ3) is 9.14. The third-order valence-corrected chi connectivity index (χ3v) is 8.64. The molecule has 1 aromatic carbocycles. The summed E-state index contributed by atoms with van der Waals surface area (Å²) in [5.74, 6) is 2.40. The first kappa shape index (κ1) is 29.1. The molecule has 1 saturated carbocycles. The van der Waals surface area contributed by atoms with E-state index in [-0.39, 0.29) is 5.75 Å². The number of rotatable bonds is 14. The number of hydrogen-bond donors (Lipinski definition) is 0. The van der Waals surface area contributed by atoms with Crippen LogP contribution in [0, 0.1) is 17.8 Å². The van der Waals surface area contributed by atoms with E-state index in [0.717, 1.165) is 55.9 Å². The average Bonchev–Trinajstić information content (AvgIpc) is 2.88. The van der Waals surface area contributed by atoms with E-state index < -0.39 is 11.7 Å². The number of ether oxygens (including phenoxy) is 1. The second kappa shape index (κ2) is 15.1. The van der Waals surface area contributed by atoms with Gasteiger partial charge in [0.2, 0.25) is 0 Å². The second-order valence-corrected chi connectivity index (χ2v) is 11.4. The minimum atomic E-state index is -4.40. The fourth-order valence-corrected chi connectivity index (χ4v) is 6.32. The molecule has 1 aromatic rings. The zero-order valence-electron chi connectivity index (χ0n) is 22.8. The molecular weight excluding hydrogens is 457 g/mol. The minimum Gasteiger partial charge on any atom is -0.493 e. The third-order valence-electron chi connectivity index (χ3n) is 8.64. The average molecular weight is 507 g/mol. The molecule has 1 atom stereocenters. The zero-order chi connectivity index (χ0) is 25.8. The maximum Gasteiger partial charge on any atom is 0.419 e. The van der Waals surface area contributed by atoms with E-state index >= 15 is 0 Å². The van der Waals surface area contributed by atoms with Crippen molar-refractivity contribution in [1.82, 2.24) is 0 Å². The van der Waals surface area contributed by atoms with Crippen molar-refractivity contribution >= 4 is 5.57 Å². The Morgan fingerprint density at radius 1 is 0.806 bits per heavy atom. The summed E-state index contributed by atoms with van der Waals surface area (Å²) in [6.07, 6.45) is 18.2. The molecule has 2 aliphatic carbocycles. The molecule has 0 radical (unpaired) electrons. The lowest BCUT2D eigenvalue weighted by Crippen LogP contribution is -2.23. The highest BCUT2D eigenvalue weighted by molar-refractivity contribution is 5.68. The number of hydrogen-bond acceptors (Lipinski definition) is 1. The van der Waals surface area contributed by atoms with Crippen molar-refractivity contribution < 1.29 is 17.9 Å². The van der Waals surface area contributed by atoms with Crippen molar-refractivity contribution in [3.05, 3.63) is 35.4 Å². The largest absolute Gasteiger partial charge is 0.493 e. The monoisotopic (exact) mass is 506 g/mol. The summed E-state index contributed by atoms with van der Waals surface area (Å²) in [5, 5.41) is 0. The van der Waals surface area contributed by atoms with E-state index in [1.54, 1.807) is 6.07 Å². The van der Waals surface area contributed by atoms with Gasteiger partial charge in [-0.1, -0.05) is 96.6 Å². The van der Waals surface area contributed by atoms with E-state index in [1.165, 1.54) is 76.7 Å². The Bertz CT molecular complexity index is 789. The van der Waals surface area contributed by atoms with Crippen LogP contribution in [-0.4, -0.2) is 6.61 Å². The molecule has 0 aliphatic heterocycles. The van der Waals surface area contributed by atoms with Gasteiger partial charge in [0.15, 0.2) is 0 Å². The molecule has 0 bridgehead atoms. The van der Waals surface area contributed by atoms with Gasteiger partial charge in [-0.05, 0) is 79.5 Å². The molecule has 0 spiro atoms. The molecule has 2 aliphatic rings. The molecule has 0 aromatic heterocycles. The van der Waals surface area contributed by atoms with Gasteiger partial charge in [-0.15, -0.1) is 0 Å². The summed E-state index contributed by atoms with van der Waals surface area (Å²) < 4.78 is 47.1. The number of benzene rings is 1. The predicted molar refractivity (Wildman–Crippen MR) is 145 cm³/mol. The summed E-state index contributed by atoms with van der Waals surface area (Å²) in [4.78, 5) is 0. The van der Waals surface area contributed by atoms with Crippen molar-refractivity contribution in [3.8, 4) is 5.75 Å². The highest BCUT2D eigenvalue weighted by atomic mass is 19.4. The first-order chi connectivity index (χ1) is 17.4. The normalized spacial score (nSPS) is 22.9. The summed E-state index contributed by atoms with van der Waals surface area (Å²) in [7, 11) is 0. The number of alkyl halides is 3. The standard InChI is InChI=1S/C32H49F3O/c1-3-5-7-8-9-11-23-36-31-22-21-29(24-30(31)32(33,34)35)28-19-17-27(18-20-28)26-15-13-25(14-16-26)12-10-6-4-2/h19,21-22,24-27H,3-18,20,23H2,1-2H3. The van der Waals surface area contributed by atoms with Crippen LogP contribution in [0.3, 0.4) is 0 Å². The molecule has 0 amide bonds. The SMILES string of the molecule is CCCCCCCCOc1ccc(C2=CCC(C3CCC(CCCCC)CC3)CC2)cc1C(F)(F)F. The van der Waals surface area contributed by atoms with Crippen LogP contribution < -0.4 is 4.74 Å². The van der Waals surface area contributed by atoms with Gasteiger partial charge in [-0.25, -0.2) is 0 Å². The van der Waals surface area contributed by atoms with Crippen LogP contribution in [0.1, 0.15) is 134 Å². The maximum absolute atomic E-state index is 13.8. The molecule has 204 valence electrons. The summed E-state index contributed by atoms with van der Waals surface area (Å²) >= 11 is 0. The van der Waals surface area contributed by atoms with Gasteiger partial charge in [-0.3, -0.25) is 0 Å². The van der Waals surface area contributed by atoms with Crippen LogP contribution in [0.2, 0.25) is 0 Å². The van der Waals surface area contributed by atoms with E-state index in [4.69, 9.17) is 4.74 Å². The van der Waals surface area contributed by atoms with Gasteiger partial charge < -0.3 is 4.74 Å². The van der Waals surface area contributed by atoms with Crippen LogP contribution >= 0.6 is 0 Å². The molecule has 3 rings (SSSR count). The second-order valence-electron chi connectivity index (χ2n) is 11.4. The van der Waals surface area contributed by atoms with Gasteiger partial charge in [0.1, 0.15) is 5.75 Å². The van der Waals surface area contributed by atoms with E-state index in [9.17, 15) is 13.2 Å². The van der Waals surface area contributed by atoms with Gasteiger partial charge in [0, 0.05) is 0 Å². The van der Waals surface area contributed by atoms with E-state index in [1.807, 2.05) is 6.07 Å². The van der Waals surface area contributed by atoms with Crippen molar-refractivity contribution in [3.63, 3.8) is 0 Å². The molecular formula is C32H49F3O. The Balaban J connectivity index is 1.52. The summed E-state index contributed by atoms with van der Waals surface area (Å²) in [5.41, 5.74) is 1.16. The fourth-order valence-electron chi connectivity index (χ4n) is 6.32.